The number of aromatic nitrogens is 2. The van der Waals surface area contributed by atoms with Gasteiger partial charge in [0.15, 0.2) is 0 Å². The van der Waals surface area contributed by atoms with Gasteiger partial charge in [0.05, 0.1) is 22.9 Å². The van der Waals surface area contributed by atoms with E-state index in [1.807, 2.05) is 0 Å². The first-order chi connectivity index (χ1) is 13.5. The number of fused-ring (bicyclic) bond motifs is 1. The Morgan fingerprint density at radius 3 is 2.43 bits per heavy atom. The lowest BCUT2D eigenvalue weighted by molar-refractivity contribution is -0.308. The summed E-state index contributed by atoms with van der Waals surface area (Å²) in [5.74, 6) is -2.00. The number of amides is 1. The molecule has 2 N–H and O–H groups in total. The average Bonchev–Trinajstić information content (AvgIpc) is 2.68. The number of aromatic amines is 1. The molecule has 3 rings (SSSR count). The summed E-state index contributed by atoms with van der Waals surface area (Å²) in [4.78, 5) is 50.6. The number of H-pyrrole nitrogens is 1. The van der Waals surface area contributed by atoms with Crippen LogP contribution in [-0.2, 0) is 22.6 Å². The standard InChI is InChI=1S/C20H19N3O5/c24-17(21-16(19(26)27)12-13-6-2-1-3-7-13)10-11-23-18(25)14-8-4-5-9-15(14)22-20(23)28/h1-9,16H,10-12H2,(H,21,24)(H,22,28)(H,26,27)/p-1/t16-/m0/s1. The van der Waals surface area contributed by atoms with Gasteiger partial charge in [-0.25, -0.2) is 4.79 Å². The van der Waals surface area contributed by atoms with Gasteiger partial charge in [0, 0.05) is 13.0 Å². The van der Waals surface area contributed by atoms with Crippen LogP contribution >= 0.6 is 0 Å². The Bertz CT molecular complexity index is 1120. The third-order valence-electron chi connectivity index (χ3n) is 4.35. The highest BCUT2D eigenvalue weighted by Crippen LogP contribution is 2.04. The van der Waals surface area contributed by atoms with Crippen molar-refractivity contribution in [2.45, 2.75) is 25.4 Å². The summed E-state index contributed by atoms with van der Waals surface area (Å²) in [6.45, 7) is -0.171. The molecule has 144 valence electrons. The van der Waals surface area contributed by atoms with E-state index in [4.69, 9.17) is 0 Å². The van der Waals surface area contributed by atoms with Crippen LogP contribution in [-0.4, -0.2) is 27.5 Å². The fraction of sp³-hybridized carbons (Fsp3) is 0.200. The molecule has 0 fully saturated rings. The van der Waals surface area contributed by atoms with Crippen LogP contribution in [0.4, 0.5) is 0 Å². The minimum atomic E-state index is -1.40. The van der Waals surface area contributed by atoms with E-state index >= 15 is 0 Å². The number of rotatable bonds is 7. The first kappa shape index (κ1) is 19.1. The summed E-state index contributed by atoms with van der Waals surface area (Å²) < 4.78 is 0.924. The van der Waals surface area contributed by atoms with Crippen LogP contribution in [0.1, 0.15) is 12.0 Å². The van der Waals surface area contributed by atoms with Gasteiger partial charge >= 0.3 is 5.69 Å². The van der Waals surface area contributed by atoms with Gasteiger partial charge in [-0.3, -0.25) is 14.2 Å². The summed E-state index contributed by atoms with van der Waals surface area (Å²) in [5.41, 5.74) is 0.0161. The van der Waals surface area contributed by atoms with Crippen LogP contribution in [0, 0.1) is 0 Å². The Labute approximate surface area is 159 Å². The van der Waals surface area contributed by atoms with E-state index in [2.05, 4.69) is 10.3 Å². The van der Waals surface area contributed by atoms with Crippen LogP contribution in [0.25, 0.3) is 10.9 Å². The monoisotopic (exact) mass is 380 g/mol. The van der Waals surface area contributed by atoms with E-state index in [0.29, 0.717) is 10.9 Å². The van der Waals surface area contributed by atoms with Crippen LogP contribution in [0.3, 0.4) is 0 Å². The van der Waals surface area contributed by atoms with E-state index < -0.39 is 29.2 Å². The van der Waals surface area contributed by atoms with Gasteiger partial charge in [-0.1, -0.05) is 42.5 Å². The van der Waals surface area contributed by atoms with Crippen LogP contribution in [0.5, 0.6) is 0 Å². The van der Waals surface area contributed by atoms with Crippen molar-refractivity contribution in [3.8, 4) is 0 Å². The molecule has 0 bridgehead atoms. The number of nitrogens with zero attached hydrogens (tertiary/aromatic N) is 1. The predicted octanol–water partition coefficient (Wildman–Crippen LogP) is -0.443. The fourth-order valence-corrected chi connectivity index (χ4v) is 2.92. The molecule has 3 aromatic rings. The molecular weight excluding hydrogens is 362 g/mol. The van der Waals surface area contributed by atoms with Crippen molar-refractivity contribution in [3.05, 3.63) is 81.0 Å². The third kappa shape index (κ3) is 4.35. The number of carbonyl (C=O) groups excluding carboxylic acids is 2. The van der Waals surface area contributed by atoms with E-state index in [1.54, 1.807) is 54.6 Å². The molecule has 0 unspecified atom stereocenters. The second kappa shape index (κ2) is 8.34. The average molecular weight is 380 g/mol. The second-order valence-corrected chi connectivity index (χ2v) is 6.31. The van der Waals surface area contributed by atoms with Crippen molar-refractivity contribution in [1.29, 1.82) is 0 Å². The number of hydrogen-bond acceptors (Lipinski definition) is 5. The molecule has 0 aliphatic heterocycles. The van der Waals surface area contributed by atoms with Crippen molar-refractivity contribution in [1.82, 2.24) is 14.9 Å². The molecule has 0 saturated carbocycles. The van der Waals surface area contributed by atoms with Crippen LogP contribution in [0.2, 0.25) is 0 Å². The highest BCUT2D eigenvalue weighted by Gasteiger charge is 2.15. The van der Waals surface area contributed by atoms with Crippen molar-refractivity contribution < 1.29 is 14.7 Å². The number of hydrogen-bond donors (Lipinski definition) is 2. The zero-order valence-electron chi connectivity index (χ0n) is 14.9. The number of carbonyl (C=O) groups is 2. The lowest BCUT2D eigenvalue weighted by Gasteiger charge is -2.20. The minimum Gasteiger partial charge on any atom is -0.548 e. The zero-order chi connectivity index (χ0) is 20.1. The Hall–Kier alpha value is -3.68. The molecule has 8 nitrogen and oxygen atoms in total. The van der Waals surface area contributed by atoms with Crippen LogP contribution < -0.4 is 21.7 Å². The Morgan fingerprint density at radius 2 is 1.71 bits per heavy atom. The minimum absolute atomic E-state index is 0.0748. The van der Waals surface area contributed by atoms with Gasteiger partial charge in [0.25, 0.3) is 5.56 Å². The molecule has 0 saturated heterocycles. The summed E-state index contributed by atoms with van der Waals surface area (Å²) in [5, 5.41) is 14.0. The molecule has 0 aliphatic rings. The van der Waals surface area contributed by atoms with Crippen molar-refractivity contribution in [3.63, 3.8) is 0 Å². The SMILES string of the molecule is O=C(CCn1c(=O)[nH]c2ccccc2c1=O)N[C@@H](Cc1ccccc1)C(=O)[O-]. The molecule has 0 aliphatic carbocycles. The molecule has 0 radical (unpaired) electrons. The number of aliphatic carboxylic acids is 1. The molecule has 0 spiro atoms. The van der Waals surface area contributed by atoms with Crippen molar-refractivity contribution in [2.24, 2.45) is 0 Å². The topological polar surface area (TPSA) is 124 Å². The third-order valence-corrected chi connectivity index (χ3v) is 4.35. The van der Waals surface area contributed by atoms with Crippen LogP contribution in [0.15, 0.2) is 64.2 Å². The zero-order valence-corrected chi connectivity index (χ0v) is 14.9. The summed E-state index contributed by atoms with van der Waals surface area (Å²) >= 11 is 0. The number of carboxylic acids is 1. The van der Waals surface area contributed by atoms with Gasteiger partial charge in [-0.15, -0.1) is 0 Å². The van der Waals surface area contributed by atoms with E-state index in [0.717, 1.165) is 10.1 Å². The maximum atomic E-state index is 12.4. The second-order valence-electron chi connectivity index (χ2n) is 6.31. The summed E-state index contributed by atoms with van der Waals surface area (Å²) in [6, 6.07) is 14.2. The maximum absolute atomic E-state index is 12.4. The molecule has 2 aromatic carbocycles. The van der Waals surface area contributed by atoms with Crippen molar-refractivity contribution >= 4 is 22.8 Å². The fourth-order valence-electron chi connectivity index (χ4n) is 2.92. The van der Waals surface area contributed by atoms with Gasteiger partial charge in [0.2, 0.25) is 5.91 Å². The summed E-state index contributed by atoms with van der Waals surface area (Å²) in [6.07, 6.45) is -0.148. The lowest BCUT2D eigenvalue weighted by Crippen LogP contribution is -2.49. The van der Waals surface area contributed by atoms with Crippen molar-refractivity contribution in [2.75, 3.05) is 0 Å². The number of para-hydroxylation sites is 1. The lowest BCUT2D eigenvalue weighted by atomic mass is 10.1. The van der Waals surface area contributed by atoms with E-state index in [9.17, 15) is 24.3 Å². The Morgan fingerprint density at radius 1 is 1.04 bits per heavy atom. The first-order valence-corrected chi connectivity index (χ1v) is 8.71. The Balaban J connectivity index is 1.69. The summed E-state index contributed by atoms with van der Waals surface area (Å²) in [7, 11) is 0. The molecule has 1 heterocycles. The number of carboxylic acid groups (broad SMARTS) is 1. The van der Waals surface area contributed by atoms with Gasteiger partial charge in [-0.2, -0.15) is 0 Å². The smallest absolute Gasteiger partial charge is 0.328 e. The molecule has 1 amide bonds. The number of nitrogens with one attached hydrogen (secondary N) is 2. The molecular formula is C20H18N3O5-. The molecule has 8 heteroatoms. The first-order valence-electron chi connectivity index (χ1n) is 8.71. The van der Waals surface area contributed by atoms with Gasteiger partial charge in [-0.05, 0) is 24.1 Å². The number of benzene rings is 2. The maximum Gasteiger partial charge on any atom is 0.328 e. The van der Waals surface area contributed by atoms with E-state index in [1.165, 1.54) is 0 Å². The highest BCUT2D eigenvalue weighted by atomic mass is 16.4. The molecule has 1 atom stereocenters. The molecule has 1 aromatic heterocycles. The normalized spacial score (nSPS) is 11.9. The predicted molar refractivity (Wildman–Crippen MR) is 101 cm³/mol. The largest absolute Gasteiger partial charge is 0.548 e. The van der Waals surface area contributed by atoms with Gasteiger partial charge < -0.3 is 20.2 Å². The highest BCUT2D eigenvalue weighted by molar-refractivity contribution is 5.83. The van der Waals surface area contributed by atoms with E-state index in [-0.39, 0.29) is 19.4 Å². The molecule has 28 heavy (non-hydrogen) atoms. The van der Waals surface area contributed by atoms with Gasteiger partial charge in [0.1, 0.15) is 0 Å². The Kier molecular flexibility index (Phi) is 5.69. The quantitative estimate of drug-likeness (QED) is 0.575.